The predicted octanol–water partition coefficient (Wildman–Crippen LogP) is 4.16. The van der Waals surface area contributed by atoms with Crippen LogP contribution in [-0.4, -0.2) is 53.3 Å². The quantitative estimate of drug-likeness (QED) is 0.639. The minimum absolute atomic E-state index is 0.141. The number of benzene rings is 1. The molecule has 0 radical (unpaired) electrons. The molecule has 1 aromatic carbocycles. The molecular formula is C23H25FN6O2. The van der Waals surface area contributed by atoms with Crippen LogP contribution in [0.5, 0.6) is 11.8 Å². The van der Waals surface area contributed by atoms with Gasteiger partial charge in [0.25, 0.3) is 0 Å². The van der Waals surface area contributed by atoms with Gasteiger partial charge < -0.3 is 24.4 Å². The Balaban J connectivity index is 1.46. The van der Waals surface area contributed by atoms with Gasteiger partial charge in [-0.1, -0.05) is 16.8 Å². The Morgan fingerprint density at radius 1 is 1.03 bits per heavy atom. The smallest absolute Gasteiger partial charge is 0.325 e. The van der Waals surface area contributed by atoms with Crippen LogP contribution < -0.4 is 15.0 Å². The third kappa shape index (κ3) is 4.29. The van der Waals surface area contributed by atoms with Crippen LogP contribution in [0.15, 0.2) is 34.4 Å². The number of anilines is 3. The van der Waals surface area contributed by atoms with Crippen molar-refractivity contribution in [1.29, 1.82) is 0 Å². The number of aryl methyl sites for hydroxylation is 1. The number of likely N-dealkylation sites (N-methyl/N-ethyl adjacent to an activating group) is 1. The molecule has 1 N–H and O–H groups in total. The van der Waals surface area contributed by atoms with E-state index in [0.29, 0.717) is 35.1 Å². The molecule has 1 fully saturated rings. The monoisotopic (exact) mass is 436 g/mol. The Kier molecular flexibility index (Phi) is 5.26. The number of aromatic nitrogens is 3. The summed E-state index contributed by atoms with van der Waals surface area (Å²) in [7, 11) is 2.10. The molecule has 8 nitrogen and oxygen atoms in total. The molecule has 0 atom stereocenters. The van der Waals surface area contributed by atoms with Crippen LogP contribution in [0.25, 0.3) is 6.08 Å². The molecule has 2 aromatic heterocycles. The summed E-state index contributed by atoms with van der Waals surface area (Å²) in [6, 6.07) is 7.00. The Bertz CT molecular complexity index is 1180. The van der Waals surface area contributed by atoms with Crippen LogP contribution in [0, 0.1) is 12.7 Å². The van der Waals surface area contributed by atoms with Gasteiger partial charge in [-0.05, 0) is 44.5 Å². The summed E-state index contributed by atoms with van der Waals surface area (Å²) < 4.78 is 25.7. The lowest BCUT2D eigenvalue weighted by atomic mass is 10.1. The van der Waals surface area contributed by atoms with E-state index in [-0.39, 0.29) is 11.8 Å². The fraction of sp³-hybridized carbons (Fsp3) is 0.348. The second-order valence-electron chi connectivity index (χ2n) is 8.37. The predicted molar refractivity (Wildman–Crippen MR) is 120 cm³/mol. The van der Waals surface area contributed by atoms with Gasteiger partial charge in [-0.15, -0.1) is 0 Å². The molecule has 1 saturated heterocycles. The summed E-state index contributed by atoms with van der Waals surface area (Å²) in [4.78, 5) is 13.6. The third-order valence-corrected chi connectivity index (χ3v) is 5.67. The van der Waals surface area contributed by atoms with E-state index in [1.807, 2.05) is 32.1 Å². The molecule has 0 unspecified atom stereocenters. The van der Waals surface area contributed by atoms with Gasteiger partial charge in [-0.2, -0.15) is 9.97 Å². The summed E-state index contributed by atoms with van der Waals surface area (Å²) in [6.07, 6.45) is 2.61. The number of rotatable bonds is 5. The zero-order valence-electron chi connectivity index (χ0n) is 18.4. The molecule has 3 heterocycles. The number of halogens is 1. The van der Waals surface area contributed by atoms with Crippen LogP contribution >= 0.6 is 0 Å². The van der Waals surface area contributed by atoms with E-state index in [9.17, 15) is 4.39 Å². The summed E-state index contributed by atoms with van der Waals surface area (Å²) in [5.41, 5.74) is 2.66. The topological polar surface area (TPSA) is 79.5 Å². The number of hydrogen-bond acceptors (Lipinski definition) is 8. The Morgan fingerprint density at radius 3 is 2.59 bits per heavy atom. The molecule has 0 saturated carbocycles. The largest absolute Gasteiger partial charge is 0.424 e. The van der Waals surface area contributed by atoms with Crippen LogP contribution in [0.2, 0.25) is 0 Å². The van der Waals surface area contributed by atoms with E-state index in [4.69, 9.17) is 9.26 Å². The Hall–Kier alpha value is -3.46. The van der Waals surface area contributed by atoms with Crippen LogP contribution in [0.3, 0.4) is 0 Å². The van der Waals surface area contributed by atoms with Gasteiger partial charge in [0.05, 0.1) is 0 Å². The molecule has 9 heteroatoms. The molecule has 1 aliphatic carbocycles. The van der Waals surface area contributed by atoms with Crippen LogP contribution in [0.1, 0.15) is 23.8 Å². The first-order valence-corrected chi connectivity index (χ1v) is 10.6. The van der Waals surface area contributed by atoms with E-state index < -0.39 is 0 Å². The summed E-state index contributed by atoms with van der Waals surface area (Å²) >= 11 is 0. The maximum Gasteiger partial charge on any atom is 0.325 e. The maximum absolute atomic E-state index is 14.6. The normalized spacial score (nSPS) is 16.1. The van der Waals surface area contributed by atoms with Gasteiger partial charge in [-0.3, -0.25) is 0 Å². The first kappa shape index (κ1) is 20.4. The summed E-state index contributed by atoms with van der Waals surface area (Å²) in [5, 5.41) is 7.11. The molecule has 3 aromatic rings. The average molecular weight is 436 g/mol. The minimum atomic E-state index is -0.280. The van der Waals surface area contributed by atoms with E-state index in [1.54, 1.807) is 6.07 Å². The number of piperazine rings is 1. The summed E-state index contributed by atoms with van der Waals surface area (Å²) in [6.45, 7) is 7.37. The highest BCUT2D eigenvalue weighted by molar-refractivity contribution is 5.65. The van der Waals surface area contributed by atoms with Crippen molar-refractivity contribution in [3.63, 3.8) is 0 Å². The van der Waals surface area contributed by atoms with Crippen molar-refractivity contribution < 1.29 is 13.7 Å². The summed E-state index contributed by atoms with van der Waals surface area (Å²) in [5.74, 6) is 2.58. The zero-order valence-corrected chi connectivity index (χ0v) is 18.4. The molecule has 2 aliphatic rings. The Labute approximate surface area is 185 Å². The third-order valence-electron chi connectivity index (χ3n) is 5.67. The molecule has 5 rings (SSSR count). The van der Waals surface area contributed by atoms with Gasteiger partial charge >= 0.3 is 6.01 Å². The van der Waals surface area contributed by atoms with Crippen LogP contribution in [-0.2, 0) is 6.42 Å². The fourth-order valence-corrected chi connectivity index (χ4v) is 3.98. The van der Waals surface area contributed by atoms with Crippen molar-refractivity contribution in [3.05, 3.63) is 52.5 Å². The van der Waals surface area contributed by atoms with E-state index in [0.717, 1.165) is 43.1 Å². The van der Waals surface area contributed by atoms with Gasteiger partial charge in [0.1, 0.15) is 29.0 Å². The maximum atomic E-state index is 14.6. The molecule has 166 valence electrons. The second kappa shape index (κ2) is 8.23. The van der Waals surface area contributed by atoms with Gasteiger partial charge in [0.2, 0.25) is 0 Å². The van der Waals surface area contributed by atoms with E-state index in [2.05, 4.69) is 37.3 Å². The highest BCUT2D eigenvalue weighted by Crippen LogP contribution is 2.33. The first-order chi connectivity index (χ1) is 15.4. The fourth-order valence-electron chi connectivity index (χ4n) is 3.98. The lowest BCUT2D eigenvalue weighted by molar-refractivity contribution is 0.311. The number of allylic oxidation sites excluding steroid dienone is 1. The van der Waals surface area contributed by atoms with Crippen molar-refractivity contribution in [2.45, 2.75) is 20.3 Å². The number of nitrogens with one attached hydrogen (secondary N) is 1. The highest BCUT2D eigenvalue weighted by Gasteiger charge is 2.20. The highest BCUT2D eigenvalue weighted by atomic mass is 19.1. The van der Waals surface area contributed by atoms with Crippen molar-refractivity contribution in [3.8, 4) is 11.8 Å². The lowest BCUT2D eigenvalue weighted by Gasteiger charge is -2.33. The average Bonchev–Trinajstić information content (AvgIpc) is 3.33. The molecule has 32 heavy (non-hydrogen) atoms. The second-order valence-corrected chi connectivity index (χ2v) is 8.37. The van der Waals surface area contributed by atoms with Crippen molar-refractivity contribution >= 4 is 23.5 Å². The van der Waals surface area contributed by atoms with Gasteiger partial charge in [0.15, 0.2) is 5.82 Å². The molecule has 0 spiro atoms. The molecule has 1 aliphatic heterocycles. The van der Waals surface area contributed by atoms with E-state index in [1.165, 1.54) is 6.07 Å². The zero-order chi connectivity index (χ0) is 22.2. The molecule has 0 bridgehead atoms. The van der Waals surface area contributed by atoms with Crippen molar-refractivity contribution in [1.82, 2.24) is 20.0 Å². The molecule has 0 amide bonds. The molecular weight excluding hydrogens is 411 g/mol. The standard InChI is InChI=1S/C23H25FN6O2/c1-14-8-16-11-17(12-19(24)18(16)9-14)31-23-26-20(25-21-10-15(2)32-28-21)13-22(27-23)30-6-4-29(3)5-7-30/h8,10-13H,4-7,9H2,1-3H3,(H,25,26,27,28). The van der Waals surface area contributed by atoms with Crippen molar-refractivity contribution in [2.75, 3.05) is 43.4 Å². The number of ether oxygens (including phenoxy) is 1. The SMILES string of the molecule is CC1=Cc2cc(Oc3nc(Nc4cc(C)on4)cc(N4CCN(C)CC4)n3)cc(F)c2C1. The van der Waals surface area contributed by atoms with E-state index >= 15 is 0 Å². The first-order valence-electron chi connectivity index (χ1n) is 10.6. The van der Waals surface area contributed by atoms with Crippen LogP contribution in [0.4, 0.5) is 21.8 Å². The van der Waals surface area contributed by atoms with Crippen molar-refractivity contribution in [2.24, 2.45) is 0 Å². The minimum Gasteiger partial charge on any atom is -0.424 e. The number of nitrogens with zero attached hydrogens (tertiary/aromatic N) is 5. The van der Waals surface area contributed by atoms with Gasteiger partial charge in [0, 0.05) is 44.4 Å². The number of hydrogen-bond donors (Lipinski definition) is 1. The van der Waals surface area contributed by atoms with Gasteiger partial charge in [-0.25, -0.2) is 4.39 Å². The lowest BCUT2D eigenvalue weighted by Crippen LogP contribution is -2.44. The Morgan fingerprint density at radius 2 is 1.84 bits per heavy atom. The number of fused-ring (bicyclic) bond motifs is 1.